The van der Waals surface area contributed by atoms with Gasteiger partial charge in [-0.25, -0.2) is 8.78 Å². The lowest BCUT2D eigenvalue weighted by atomic mass is 10.0. The summed E-state index contributed by atoms with van der Waals surface area (Å²) in [4.78, 5) is 2.71. The van der Waals surface area contributed by atoms with Crippen molar-refractivity contribution in [2.24, 2.45) is 0 Å². The van der Waals surface area contributed by atoms with Gasteiger partial charge in [0.1, 0.15) is 17.0 Å². The quantitative estimate of drug-likeness (QED) is 0.316. The second-order valence-corrected chi connectivity index (χ2v) is 7.34. The summed E-state index contributed by atoms with van der Waals surface area (Å²) in [6.45, 7) is 1.98. The van der Waals surface area contributed by atoms with Crippen LogP contribution in [0.4, 0.5) is 8.78 Å². The Bertz CT molecular complexity index is 995. The molecule has 3 aromatic rings. The average molecular weight is 367 g/mol. The van der Waals surface area contributed by atoms with Gasteiger partial charge < -0.3 is 0 Å². The predicted octanol–water partition coefficient (Wildman–Crippen LogP) is 5.97. The van der Waals surface area contributed by atoms with Crippen molar-refractivity contribution in [2.45, 2.75) is 11.8 Å². The second kappa shape index (κ2) is 7.53. The van der Waals surface area contributed by atoms with Gasteiger partial charge in [0.05, 0.1) is 10.4 Å². The maximum Gasteiger partial charge on any atom is 0.138 e. The van der Waals surface area contributed by atoms with Gasteiger partial charge in [0.15, 0.2) is 0 Å². The highest BCUT2D eigenvalue weighted by Gasteiger charge is 2.13. The van der Waals surface area contributed by atoms with E-state index in [1.807, 2.05) is 24.5 Å². The first-order chi connectivity index (χ1) is 12.1. The van der Waals surface area contributed by atoms with E-state index < -0.39 is 11.6 Å². The maximum atomic E-state index is 14.4. The van der Waals surface area contributed by atoms with Crippen molar-refractivity contribution < 1.29 is 8.78 Å². The van der Waals surface area contributed by atoms with Crippen LogP contribution >= 0.6 is 23.1 Å². The summed E-state index contributed by atoms with van der Waals surface area (Å²) in [6, 6.07) is 12.8. The van der Waals surface area contributed by atoms with Gasteiger partial charge in [0, 0.05) is 15.3 Å². The highest BCUT2D eigenvalue weighted by molar-refractivity contribution is 8.03. The number of hydrogen-bond donors (Lipinski definition) is 0. The van der Waals surface area contributed by atoms with Crippen LogP contribution in [0.15, 0.2) is 53.4 Å². The highest BCUT2D eigenvalue weighted by Crippen LogP contribution is 2.29. The largest absolute Gasteiger partial charge is 0.206 e. The molecule has 0 unspecified atom stereocenters. The first-order valence-corrected chi connectivity index (χ1v) is 8.94. The zero-order valence-electron chi connectivity index (χ0n) is 13.1. The number of nitrogens with zero attached hydrogens (tertiary/aromatic N) is 1. The minimum absolute atomic E-state index is 0.0916. The molecule has 1 aromatic heterocycles. The maximum absolute atomic E-state index is 14.4. The topological polar surface area (TPSA) is 23.8 Å². The SMILES string of the molecule is Cc1ccc(C#Cc2cc(F)c(-c3ccc(SC#N)cc3)c(F)c2)s1. The Balaban J connectivity index is 1.93. The zero-order chi connectivity index (χ0) is 17.8. The molecule has 1 heterocycles. The van der Waals surface area contributed by atoms with Gasteiger partial charge in [-0.3, -0.25) is 0 Å². The summed E-state index contributed by atoms with van der Waals surface area (Å²) in [6.07, 6.45) is 0. The summed E-state index contributed by atoms with van der Waals surface area (Å²) in [5.74, 6) is 4.40. The van der Waals surface area contributed by atoms with Crippen molar-refractivity contribution in [3.05, 3.63) is 75.5 Å². The third-order valence-corrected chi connectivity index (χ3v) is 4.93. The van der Waals surface area contributed by atoms with E-state index in [1.54, 1.807) is 24.3 Å². The van der Waals surface area contributed by atoms with Gasteiger partial charge in [0.25, 0.3) is 0 Å². The fourth-order valence-corrected chi connectivity index (χ4v) is 3.40. The van der Waals surface area contributed by atoms with E-state index in [2.05, 4.69) is 11.8 Å². The molecule has 5 heteroatoms. The molecule has 0 fully saturated rings. The monoisotopic (exact) mass is 367 g/mol. The van der Waals surface area contributed by atoms with E-state index >= 15 is 0 Å². The summed E-state index contributed by atoms with van der Waals surface area (Å²) < 4.78 is 28.8. The molecule has 0 radical (unpaired) electrons. The summed E-state index contributed by atoms with van der Waals surface area (Å²) in [7, 11) is 0. The lowest BCUT2D eigenvalue weighted by Crippen LogP contribution is -1.92. The fraction of sp³-hybridized carbons (Fsp3) is 0.0500. The van der Waals surface area contributed by atoms with Crippen LogP contribution in [-0.4, -0.2) is 0 Å². The zero-order valence-corrected chi connectivity index (χ0v) is 14.8. The van der Waals surface area contributed by atoms with Crippen molar-refractivity contribution in [1.82, 2.24) is 0 Å². The van der Waals surface area contributed by atoms with E-state index in [-0.39, 0.29) is 5.56 Å². The molecule has 25 heavy (non-hydrogen) atoms. The van der Waals surface area contributed by atoms with Crippen molar-refractivity contribution in [3.8, 4) is 28.4 Å². The van der Waals surface area contributed by atoms with Crippen LogP contribution in [0.1, 0.15) is 15.3 Å². The molecule has 0 aliphatic rings. The molecule has 0 amide bonds. The first-order valence-electron chi connectivity index (χ1n) is 7.30. The number of thioether (sulfide) groups is 1. The number of rotatable bonds is 2. The summed E-state index contributed by atoms with van der Waals surface area (Å²) >= 11 is 2.53. The van der Waals surface area contributed by atoms with Crippen molar-refractivity contribution >= 4 is 23.1 Å². The van der Waals surface area contributed by atoms with Crippen molar-refractivity contribution in [1.29, 1.82) is 5.26 Å². The fourth-order valence-electron chi connectivity index (χ4n) is 2.30. The molecule has 0 N–H and O–H groups in total. The van der Waals surface area contributed by atoms with Crippen molar-refractivity contribution in [2.75, 3.05) is 0 Å². The molecule has 1 nitrogen and oxygen atoms in total. The summed E-state index contributed by atoms with van der Waals surface area (Å²) in [5, 5.41) is 10.6. The van der Waals surface area contributed by atoms with Gasteiger partial charge in [-0.15, -0.1) is 11.3 Å². The van der Waals surface area contributed by atoms with E-state index in [1.165, 1.54) is 23.5 Å². The Labute approximate surface area is 152 Å². The average Bonchev–Trinajstić information content (AvgIpc) is 3.00. The third-order valence-electron chi connectivity index (χ3n) is 3.42. The third kappa shape index (κ3) is 4.09. The van der Waals surface area contributed by atoms with Crippen LogP contribution in [0.5, 0.6) is 0 Å². The normalized spacial score (nSPS) is 10.0. The number of thiophene rings is 1. The van der Waals surface area contributed by atoms with E-state index in [4.69, 9.17) is 5.26 Å². The smallest absolute Gasteiger partial charge is 0.138 e. The van der Waals surface area contributed by atoms with E-state index in [0.717, 1.165) is 26.4 Å². The number of aryl methyl sites for hydroxylation is 1. The molecule has 0 spiro atoms. The Morgan fingerprint density at radius 2 is 1.64 bits per heavy atom. The number of nitriles is 1. The van der Waals surface area contributed by atoms with Gasteiger partial charge in [-0.2, -0.15) is 5.26 Å². The molecule has 3 rings (SSSR count). The molecule has 0 saturated carbocycles. The molecular formula is C20H11F2NS2. The Hall–Kier alpha value is -2.60. The molecule has 0 aliphatic carbocycles. The molecule has 0 atom stereocenters. The van der Waals surface area contributed by atoms with Crippen LogP contribution in [0, 0.1) is 41.1 Å². The van der Waals surface area contributed by atoms with Gasteiger partial charge in [-0.1, -0.05) is 24.0 Å². The van der Waals surface area contributed by atoms with Crippen LogP contribution < -0.4 is 0 Å². The minimum atomic E-state index is -0.660. The predicted molar refractivity (Wildman–Crippen MR) is 98.3 cm³/mol. The summed E-state index contributed by atoms with van der Waals surface area (Å²) in [5.41, 5.74) is 0.623. The molecular weight excluding hydrogens is 356 g/mol. The molecule has 2 aromatic carbocycles. The second-order valence-electron chi connectivity index (χ2n) is 5.19. The lowest BCUT2D eigenvalue weighted by Gasteiger charge is -2.06. The minimum Gasteiger partial charge on any atom is -0.206 e. The van der Waals surface area contributed by atoms with Crippen molar-refractivity contribution in [3.63, 3.8) is 0 Å². The Morgan fingerprint density at radius 1 is 0.960 bits per heavy atom. The number of thiocyanates is 1. The first kappa shape index (κ1) is 17.2. The van der Waals surface area contributed by atoms with Crippen LogP contribution in [0.25, 0.3) is 11.1 Å². The highest BCUT2D eigenvalue weighted by atomic mass is 32.2. The van der Waals surface area contributed by atoms with Gasteiger partial charge in [-0.05, 0) is 60.6 Å². The molecule has 0 aliphatic heterocycles. The van der Waals surface area contributed by atoms with Crippen LogP contribution in [0.3, 0.4) is 0 Å². The van der Waals surface area contributed by atoms with Crippen LogP contribution in [0.2, 0.25) is 0 Å². The van der Waals surface area contributed by atoms with Gasteiger partial charge >= 0.3 is 0 Å². The standard InChI is InChI=1S/C20H11F2NS2/c1-13-2-6-17(25-13)7-3-14-10-18(21)20(19(22)11-14)15-4-8-16(9-5-15)24-12-23/h2,4-6,8-11H,1H3. The molecule has 0 bridgehead atoms. The van der Waals surface area contributed by atoms with E-state index in [9.17, 15) is 8.78 Å². The van der Waals surface area contributed by atoms with Gasteiger partial charge in [0.2, 0.25) is 0 Å². The number of halogens is 2. The van der Waals surface area contributed by atoms with Crippen LogP contribution in [-0.2, 0) is 0 Å². The number of hydrogen-bond acceptors (Lipinski definition) is 3. The Morgan fingerprint density at radius 3 is 2.20 bits per heavy atom. The number of benzene rings is 2. The Kier molecular flexibility index (Phi) is 5.19. The molecule has 0 saturated heterocycles. The molecule has 122 valence electrons. The lowest BCUT2D eigenvalue weighted by molar-refractivity contribution is 0.589. The van der Waals surface area contributed by atoms with E-state index in [0.29, 0.717) is 11.1 Å².